The Bertz CT molecular complexity index is 957. The van der Waals surface area contributed by atoms with E-state index in [0.29, 0.717) is 17.8 Å². The summed E-state index contributed by atoms with van der Waals surface area (Å²) in [4.78, 5) is 15.4. The van der Waals surface area contributed by atoms with Gasteiger partial charge in [-0.2, -0.15) is 5.10 Å². The number of hydrogen-bond donors (Lipinski definition) is 0. The van der Waals surface area contributed by atoms with E-state index in [1.807, 2.05) is 6.07 Å². The molecule has 3 aromatic heterocycles. The summed E-state index contributed by atoms with van der Waals surface area (Å²) in [7, 11) is 0. The molecule has 0 saturated carbocycles. The van der Waals surface area contributed by atoms with Crippen LogP contribution in [0.2, 0.25) is 0 Å². The fourth-order valence-electron chi connectivity index (χ4n) is 2.85. The van der Waals surface area contributed by atoms with Gasteiger partial charge in [0.1, 0.15) is 6.20 Å². The molecule has 0 aliphatic rings. The van der Waals surface area contributed by atoms with Crippen molar-refractivity contribution in [2.45, 2.75) is 34.2 Å². The molecule has 0 aliphatic heterocycles. The lowest BCUT2D eigenvalue weighted by atomic mass is 9.97. The quantitative estimate of drug-likeness (QED) is 0.233. The van der Waals surface area contributed by atoms with Gasteiger partial charge in [0.05, 0.1) is 22.5 Å². The van der Waals surface area contributed by atoms with Gasteiger partial charge in [0.2, 0.25) is 0 Å². The average molecular weight is 471 g/mol. The summed E-state index contributed by atoms with van der Waals surface area (Å²) in [6.07, 6.45) is 5.66. The molecule has 0 amide bonds. The third-order valence-electron chi connectivity index (χ3n) is 3.83. The Kier molecular flexibility index (Phi) is 4.85. The summed E-state index contributed by atoms with van der Waals surface area (Å²) in [5, 5.41) is 16.8. The van der Waals surface area contributed by atoms with Crippen molar-refractivity contribution in [3.63, 3.8) is 0 Å². The van der Waals surface area contributed by atoms with Crippen LogP contribution in [-0.2, 0) is 6.54 Å². The van der Waals surface area contributed by atoms with Gasteiger partial charge in [-0.1, -0.05) is 20.8 Å². The van der Waals surface area contributed by atoms with Crippen molar-refractivity contribution in [3.8, 4) is 11.4 Å². The van der Waals surface area contributed by atoms with Crippen LogP contribution >= 0.6 is 28.4 Å². The number of pyridine rings is 1. The number of nitrogens with zero attached hydrogens (tertiary/aromatic N) is 5. The SMILES string of the molecule is Cc1cn(CC(C)(C)C)c2cc(-c3nn(PI)cc3[N+](=O)[O-])ncc12. The molecule has 3 aromatic rings. The van der Waals surface area contributed by atoms with Gasteiger partial charge in [0.25, 0.3) is 0 Å². The Morgan fingerprint density at radius 1 is 1.36 bits per heavy atom. The molecule has 25 heavy (non-hydrogen) atoms. The van der Waals surface area contributed by atoms with Gasteiger partial charge in [0, 0.05) is 24.3 Å². The Balaban J connectivity index is 2.17. The minimum Gasteiger partial charge on any atom is -0.347 e. The van der Waals surface area contributed by atoms with Crippen LogP contribution < -0.4 is 0 Å². The first-order valence-corrected chi connectivity index (χ1v) is 11.8. The topological polar surface area (TPSA) is 78.8 Å². The third-order valence-corrected chi connectivity index (χ3v) is 5.72. The summed E-state index contributed by atoms with van der Waals surface area (Å²) >= 11 is 2.14. The largest absolute Gasteiger partial charge is 0.347 e. The monoisotopic (exact) mass is 471 g/mol. The molecule has 9 heteroatoms. The lowest BCUT2D eigenvalue weighted by molar-refractivity contribution is -0.384. The summed E-state index contributed by atoms with van der Waals surface area (Å²) in [5.41, 5.74) is 3.13. The number of fused-ring (bicyclic) bond motifs is 1. The maximum Gasteiger partial charge on any atom is 0.316 e. The first-order chi connectivity index (χ1) is 11.7. The van der Waals surface area contributed by atoms with Crippen molar-refractivity contribution in [1.82, 2.24) is 19.1 Å². The van der Waals surface area contributed by atoms with E-state index in [-0.39, 0.29) is 11.1 Å². The second-order valence-electron chi connectivity index (χ2n) is 7.24. The first kappa shape index (κ1) is 18.3. The van der Waals surface area contributed by atoms with Crippen molar-refractivity contribution in [2.75, 3.05) is 0 Å². The zero-order valence-corrected chi connectivity index (χ0v) is 17.6. The van der Waals surface area contributed by atoms with Crippen LogP contribution in [0.3, 0.4) is 0 Å². The predicted molar refractivity (Wildman–Crippen MR) is 110 cm³/mol. The zero-order chi connectivity index (χ0) is 18.4. The molecule has 0 spiro atoms. The molecule has 0 aliphatic carbocycles. The lowest BCUT2D eigenvalue weighted by Gasteiger charge is -2.19. The number of halogens is 1. The molecule has 0 aromatic carbocycles. The maximum atomic E-state index is 11.4. The van der Waals surface area contributed by atoms with E-state index in [1.54, 1.807) is 10.6 Å². The molecule has 7 nitrogen and oxygen atoms in total. The molecule has 0 N–H and O–H groups in total. The standard InChI is InChI=1S/C16H19IN5O2P/c1-10-7-20(9-16(2,3)4)13-5-12(18-6-11(10)13)15-14(22(23)24)8-21(19-15)25-17/h5-8,25H,9H2,1-4H3. The average Bonchev–Trinajstić information content (AvgIpc) is 3.08. The van der Waals surface area contributed by atoms with Crippen molar-refractivity contribution in [1.29, 1.82) is 0 Å². The van der Waals surface area contributed by atoms with E-state index >= 15 is 0 Å². The smallest absolute Gasteiger partial charge is 0.316 e. The molecule has 132 valence electrons. The molecular weight excluding hydrogens is 452 g/mol. The highest BCUT2D eigenvalue weighted by molar-refractivity contribution is 14.2. The minimum atomic E-state index is -0.402. The summed E-state index contributed by atoms with van der Waals surface area (Å²) in [5.74, 6) is 0. The fraction of sp³-hybridized carbons (Fsp3) is 0.375. The van der Waals surface area contributed by atoms with Crippen molar-refractivity contribution in [2.24, 2.45) is 5.41 Å². The van der Waals surface area contributed by atoms with Crippen molar-refractivity contribution >= 4 is 45.0 Å². The maximum absolute atomic E-state index is 11.4. The first-order valence-electron chi connectivity index (χ1n) is 7.76. The summed E-state index contributed by atoms with van der Waals surface area (Å²) in [6, 6.07) is 1.91. The van der Waals surface area contributed by atoms with E-state index in [4.69, 9.17) is 0 Å². The lowest BCUT2D eigenvalue weighted by Crippen LogP contribution is -2.14. The molecular formula is C16H19IN5O2P. The molecule has 1 unspecified atom stereocenters. The van der Waals surface area contributed by atoms with Gasteiger partial charge < -0.3 is 4.57 Å². The van der Waals surface area contributed by atoms with Crippen LogP contribution in [0.15, 0.2) is 24.7 Å². The second-order valence-corrected chi connectivity index (χ2v) is 9.31. The van der Waals surface area contributed by atoms with Gasteiger partial charge in [-0.25, -0.2) is 4.45 Å². The highest BCUT2D eigenvalue weighted by Crippen LogP contribution is 2.34. The molecule has 0 radical (unpaired) electrons. The van der Waals surface area contributed by atoms with E-state index in [9.17, 15) is 10.1 Å². The Morgan fingerprint density at radius 3 is 2.68 bits per heavy atom. The Labute approximate surface area is 160 Å². The van der Waals surface area contributed by atoms with E-state index in [1.165, 1.54) is 6.20 Å². The van der Waals surface area contributed by atoms with Gasteiger partial charge in [0.15, 0.2) is 5.69 Å². The van der Waals surface area contributed by atoms with E-state index in [2.05, 4.69) is 70.6 Å². The predicted octanol–water partition coefficient (Wildman–Crippen LogP) is 4.95. The van der Waals surface area contributed by atoms with Crippen molar-refractivity contribution in [3.05, 3.63) is 40.3 Å². The number of aryl methyl sites for hydroxylation is 1. The van der Waals surface area contributed by atoms with Gasteiger partial charge in [-0.15, -0.1) is 0 Å². The summed E-state index contributed by atoms with van der Waals surface area (Å²) < 4.78 is 3.78. The number of hydrogen-bond acceptors (Lipinski definition) is 4. The van der Waals surface area contributed by atoms with Crippen LogP contribution in [0.25, 0.3) is 22.3 Å². The van der Waals surface area contributed by atoms with E-state index < -0.39 is 4.92 Å². The molecule has 1 atom stereocenters. The van der Waals surface area contributed by atoms with Crippen LogP contribution in [0.1, 0.15) is 26.3 Å². The van der Waals surface area contributed by atoms with Crippen LogP contribution in [0.5, 0.6) is 0 Å². The van der Waals surface area contributed by atoms with Crippen LogP contribution in [0.4, 0.5) is 5.69 Å². The number of aromatic nitrogens is 4. The third kappa shape index (κ3) is 3.69. The van der Waals surface area contributed by atoms with Gasteiger partial charge >= 0.3 is 5.69 Å². The molecule has 3 rings (SSSR count). The molecule has 0 bridgehead atoms. The zero-order valence-electron chi connectivity index (χ0n) is 14.4. The Morgan fingerprint density at radius 2 is 2.08 bits per heavy atom. The van der Waals surface area contributed by atoms with Gasteiger partial charge in [-0.3, -0.25) is 15.1 Å². The molecule has 0 saturated heterocycles. The van der Waals surface area contributed by atoms with Crippen molar-refractivity contribution < 1.29 is 4.92 Å². The second kappa shape index (κ2) is 6.64. The normalized spacial score (nSPS) is 12.5. The highest BCUT2D eigenvalue weighted by Gasteiger charge is 2.23. The number of nitro groups is 1. The Hall–Kier alpha value is -1.54. The fourth-order valence-corrected chi connectivity index (χ4v) is 3.90. The minimum absolute atomic E-state index is 0.0123. The van der Waals surface area contributed by atoms with Gasteiger partial charge in [-0.05, 0) is 46.0 Å². The van der Waals surface area contributed by atoms with Crippen LogP contribution in [-0.4, -0.2) is 24.0 Å². The molecule has 0 fully saturated rings. The van der Waals surface area contributed by atoms with E-state index in [0.717, 1.165) is 23.0 Å². The molecule has 3 heterocycles. The number of rotatable bonds is 4. The van der Waals surface area contributed by atoms with Crippen LogP contribution in [0, 0.1) is 22.5 Å². The summed E-state index contributed by atoms with van der Waals surface area (Å²) in [6.45, 7) is 9.46. The highest BCUT2D eigenvalue weighted by atomic mass is 127.